The van der Waals surface area contributed by atoms with Crippen molar-refractivity contribution in [1.29, 1.82) is 5.26 Å². The number of nitro benzene ring substituents is 1. The lowest BCUT2D eigenvalue weighted by Crippen LogP contribution is -2.38. The van der Waals surface area contributed by atoms with Crippen molar-refractivity contribution < 1.29 is 4.92 Å². The predicted octanol–water partition coefficient (Wildman–Crippen LogP) is 2.27. The van der Waals surface area contributed by atoms with Gasteiger partial charge < -0.3 is 10.6 Å². The zero-order valence-corrected chi connectivity index (χ0v) is 11.4. The second-order valence-electron chi connectivity index (χ2n) is 5.20. The maximum Gasteiger partial charge on any atom is 0.293 e. The van der Waals surface area contributed by atoms with E-state index in [-0.39, 0.29) is 16.8 Å². The molecule has 0 atom stereocenters. The molecule has 0 fully saturated rings. The number of rotatable bonds is 5. The summed E-state index contributed by atoms with van der Waals surface area (Å²) in [4.78, 5) is 10.4. The Hall–Kier alpha value is -2.13. The van der Waals surface area contributed by atoms with Crippen LogP contribution in [-0.4, -0.2) is 23.6 Å². The molecule has 0 aromatic heterocycles. The molecule has 2 N–H and O–H groups in total. The van der Waals surface area contributed by atoms with E-state index in [1.807, 2.05) is 6.07 Å². The summed E-state index contributed by atoms with van der Waals surface area (Å²) in [5.41, 5.74) is 0.651. The van der Waals surface area contributed by atoms with E-state index < -0.39 is 4.92 Å². The van der Waals surface area contributed by atoms with Gasteiger partial charge in [-0.2, -0.15) is 5.26 Å². The maximum absolute atomic E-state index is 10.9. The molecular formula is C13H18N4O2. The summed E-state index contributed by atoms with van der Waals surface area (Å²) in [5.74, 6) is 0. The third-order valence-corrected chi connectivity index (χ3v) is 2.42. The Morgan fingerprint density at radius 2 is 2.05 bits per heavy atom. The van der Waals surface area contributed by atoms with E-state index in [1.54, 1.807) is 12.1 Å². The highest BCUT2D eigenvalue weighted by molar-refractivity contribution is 5.64. The monoisotopic (exact) mass is 262 g/mol. The standard InChI is InChI=1S/C13H18N4O2/c1-13(2,3)16-7-6-15-11-5-4-10(9-14)8-12(11)17(18)19/h4-5,8,15-16H,6-7H2,1-3H3. The van der Waals surface area contributed by atoms with Crippen molar-refractivity contribution in [1.82, 2.24) is 5.32 Å². The van der Waals surface area contributed by atoms with Gasteiger partial charge in [0.2, 0.25) is 0 Å². The summed E-state index contributed by atoms with van der Waals surface area (Å²) >= 11 is 0. The molecular weight excluding hydrogens is 244 g/mol. The van der Waals surface area contributed by atoms with Gasteiger partial charge in [-0.3, -0.25) is 10.1 Å². The summed E-state index contributed by atoms with van der Waals surface area (Å²) in [6.07, 6.45) is 0. The molecule has 19 heavy (non-hydrogen) atoms. The summed E-state index contributed by atoms with van der Waals surface area (Å²) < 4.78 is 0. The van der Waals surface area contributed by atoms with Gasteiger partial charge >= 0.3 is 0 Å². The van der Waals surface area contributed by atoms with E-state index in [1.165, 1.54) is 6.07 Å². The third kappa shape index (κ3) is 4.94. The lowest BCUT2D eigenvalue weighted by molar-refractivity contribution is -0.384. The van der Waals surface area contributed by atoms with E-state index >= 15 is 0 Å². The zero-order valence-electron chi connectivity index (χ0n) is 11.4. The van der Waals surface area contributed by atoms with E-state index in [4.69, 9.17) is 5.26 Å². The maximum atomic E-state index is 10.9. The number of benzene rings is 1. The van der Waals surface area contributed by atoms with Crippen LogP contribution >= 0.6 is 0 Å². The minimum atomic E-state index is -0.486. The molecule has 0 unspecified atom stereocenters. The van der Waals surface area contributed by atoms with Crippen LogP contribution in [0.15, 0.2) is 18.2 Å². The summed E-state index contributed by atoms with van der Waals surface area (Å²) in [6, 6.07) is 6.29. The number of anilines is 1. The summed E-state index contributed by atoms with van der Waals surface area (Å²) in [6.45, 7) is 7.43. The molecule has 0 heterocycles. The van der Waals surface area contributed by atoms with Crippen molar-refractivity contribution >= 4 is 11.4 Å². The average Bonchev–Trinajstić information content (AvgIpc) is 2.33. The lowest BCUT2D eigenvalue weighted by atomic mass is 10.1. The molecule has 102 valence electrons. The van der Waals surface area contributed by atoms with Crippen LogP contribution in [0.4, 0.5) is 11.4 Å². The number of nitro groups is 1. The number of nitriles is 1. The first-order chi connectivity index (χ1) is 8.83. The molecule has 0 radical (unpaired) electrons. The molecule has 0 bridgehead atoms. The van der Waals surface area contributed by atoms with Gasteiger partial charge in [-0.1, -0.05) is 0 Å². The fourth-order valence-electron chi connectivity index (χ4n) is 1.54. The number of nitrogens with zero attached hydrogens (tertiary/aromatic N) is 2. The molecule has 6 heteroatoms. The Labute approximate surface area is 112 Å². The van der Waals surface area contributed by atoms with Crippen LogP contribution in [-0.2, 0) is 0 Å². The number of hydrogen-bond acceptors (Lipinski definition) is 5. The molecule has 0 saturated heterocycles. The Morgan fingerprint density at radius 3 is 2.58 bits per heavy atom. The second-order valence-corrected chi connectivity index (χ2v) is 5.20. The topological polar surface area (TPSA) is 91.0 Å². The zero-order chi connectivity index (χ0) is 14.5. The van der Waals surface area contributed by atoms with Crippen LogP contribution in [0.1, 0.15) is 26.3 Å². The van der Waals surface area contributed by atoms with Crippen molar-refractivity contribution in [3.8, 4) is 6.07 Å². The molecule has 0 saturated carbocycles. The Kier molecular flexibility index (Phi) is 4.84. The molecule has 1 aromatic carbocycles. The summed E-state index contributed by atoms with van der Waals surface area (Å²) in [5, 5.41) is 25.9. The normalized spacial score (nSPS) is 10.8. The smallest absolute Gasteiger partial charge is 0.293 e. The Balaban J connectivity index is 2.68. The highest BCUT2D eigenvalue weighted by Crippen LogP contribution is 2.24. The van der Waals surface area contributed by atoms with Crippen LogP contribution in [0.3, 0.4) is 0 Å². The summed E-state index contributed by atoms with van der Waals surface area (Å²) in [7, 11) is 0. The minimum Gasteiger partial charge on any atom is -0.378 e. The third-order valence-electron chi connectivity index (χ3n) is 2.42. The van der Waals surface area contributed by atoms with Gasteiger partial charge in [0.05, 0.1) is 16.6 Å². The van der Waals surface area contributed by atoms with Crippen LogP contribution in [0.2, 0.25) is 0 Å². The fraction of sp³-hybridized carbons (Fsp3) is 0.462. The largest absolute Gasteiger partial charge is 0.378 e. The van der Waals surface area contributed by atoms with Gasteiger partial charge in [-0.25, -0.2) is 0 Å². The number of hydrogen-bond donors (Lipinski definition) is 2. The molecule has 0 amide bonds. The van der Waals surface area contributed by atoms with Crippen molar-refractivity contribution in [3.05, 3.63) is 33.9 Å². The van der Waals surface area contributed by atoms with E-state index in [0.717, 1.165) is 0 Å². The highest BCUT2D eigenvalue weighted by atomic mass is 16.6. The van der Waals surface area contributed by atoms with Crippen LogP contribution in [0, 0.1) is 21.4 Å². The van der Waals surface area contributed by atoms with Crippen molar-refractivity contribution in [2.24, 2.45) is 0 Å². The van der Waals surface area contributed by atoms with Crippen LogP contribution in [0.5, 0.6) is 0 Å². The van der Waals surface area contributed by atoms with Gasteiger partial charge in [0.1, 0.15) is 5.69 Å². The molecule has 1 aromatic rings. The Bertz CT molecular complexity index is 500. The van der Waals surface area contributed by atoms with Crippen molar-refractivity contribution in [2.45, 2.75) is 26.3 Å². The SMILES string of the molecule is CC(C)(C)NCCNc1ccc(C#N)cc1[N+](=O)[O-]. The van der Waals surface area contributed by atoms with Gasteiger partial charge in [0.25, 0.3) is 5.69 Å². The Morgan fingerprint density at radius 1 is 1.37 bits per heavy atom. The van der Waals surface area contributed by atoms with Gasteiger partial charge in [-0.15, -0.1) is 0 Å². The van der Waals surface area contributed by atoms with E-state index in [9.17, 15) is 10.1 Å². The minimum absolute atomic E-state index is 0.0122. The fourth-order valence-corrected chi connectivity index (χ4v) is 1.54. The molecule has 0 spiro atoms. The predicted molar refractivity (Wildman–Crippen MR) is 74.1 cm³/mol. The quantitative estimate of drug-likeness (QED) is 0.482. The van der Waals surface area contributed by atoms with Crippen LogP contribution < -0.4 is 10.6 Å². The molecule has 0 aliphatic rings. The molecule has 0 aliphatic carbocycles. The van der Waals surface area contributed by atoms with Crippen molar-refractivity contribution in [2.75, 3.05) is 18.4 Å². The van der Waals surface area contributed by atoms with Gasteiger partial charge in [0, 0.05) is 24.7 Å². The highest BCUT2D eigenvalue weighted by Gasteiger charge is 2.14. The second kappa shape index (κ2) is 6.16. The van der Waals surface area contributed by atoms with Crippen molar-refractivity contribution in [3.63, 3.8) is 0 Å². The first-order valence-corrected chi connectivity index (χ1v) is 6.01. The van der Waals surface area contributed by atoms with E-state index in [0.29, 0.717) is 18.8 Å². The van der Waals surface area contributed by atoms with Gasteiger partial charge in [0.15, 0.2) is 0 Å². The molecule has 1 rings (SSSR count). The van der Waals surface area contributed by atoms with Crippen LogP contribution in [0.25, 0.3) is 0 Å². The first kappa shape index (κ1) is 14.9. The molecule has 6 nitrogen and oxygen atoms in total. The number of nitrogens with one attached hydrogen (secondary N) is 2. The molecule has 0 aliphatic heterocycles. The average molecular weight is 262 g/mol. The first-order valence-electron chi connectivity index (χ1n) is 6.01. The van der Waals surface area contributed by atoms with E-state index in [2.05, 4.69) is 31.4 Å². The van der Waals surface area contributed by atoms with Gasteiger partial charge in [-0.05, 0) is 32.9 Å². The lowest BCUT2D eigenvalue weighted by Gasteiger charge is -2.20.